The van der Waals surface area contributed by atoms with Crippen molar-refractivity contribution in [2.75, 3.05) is 0 Å². The van der Waals surface area contributed by atoms with Crippen molar-refractivity contribution in [1.29, 1.82) is 0 Å². The van der Waals surface area contributed by atoms with Crippen molar-refractivity contribution in [3.05, 3.63) is 55.0 Å². The summed E-state index contributed by atoms with van der Waals surface area (Å²) in [6.45, 7) is 10.8. The summed E-state index contributed by atoms with van der Waals surface area (Å²) in [6.07, 6.45) is 0. The summed E-state index contributed by atoms with van der Waals surface area (Å²) < 4.78 is 16.2. The van der Waals surface area contributed by atoms with E-state index in [1.807, 2.05) is 30.3 Å². The predicted octanol–water partition coefficient (Wildman–Crippen LogP) is 4.39. The van der Waals surface area contributed by atoms with Gasteiger partial charge in [0.05, 0.1) is 11.5 Å². The average molecular weight is 238 g/mol. The number of hydrogen-bond donors (Lipinski definition) is 0. The molecule has 86 valence electrons. The van der Waals surface area contributed by atoms with Crippen LogP contribution < -0.4 is 4.52 Å². The molecule has 4 heteroatoms. The standard InChI is InChI=1S/C12H15O3P/c1-10(2)13-16(14-11(3)4)15-12-8-6-5-7-9-12/h5-9H,1,3H2,2,4H3. The molecule has 3 nitrogen and oxygen atoms in total. The first-order valence-corrected chi connectivity index (χ1v) is 5.87. The van der Waals surface area contributed by atoms with Gasteiger partial charge < -0.3 is 13.6 Å². The molecule has 0 bridgehead atoms. The third-order valence-corrected chi connectivity index (χ3v) is 2.67. The number of para-hydroxylation sites is 1. The Morgan fingerprint density at radius 1 is 1.00 bits per heavy atom. The quantitative estimate of drug-likeness (QED) is 0.543. The van der Waals surface area contributed by atoms with E-state index in [1.165, 1.54) is 0 Å². The molecule has 0 fully saturated rings. The molecule has 0 unspecified atom stereocenters. The van der Waals surface area contributed by atoms with Gasteiger partial charge in [0.25, 0.3) is 0 Å². The molecule has 1 aromatic carbocycles. The molecule has 1 rings (SSSR count). The van der Waals surface area contributed by atoms with E-state index >= 15 is 0 Å². The van der Waals surface area contributed by atoms with Gasteiger partial charge in [0.1, 0.15) is 5.75 Å². The van der Waals surface area contributed by atoms with Crippen LogP contribution in [0.4, 0.5) is 0 Å². The maximum Gasteiger partial charge on any atom is 0.529 e. The predicted molar refractivity (Wildman–Crippen MR) is 65.8 cm³/mol. The monoisotopic (exact) mass is 238 g/mol. The summed E-state index contributed by atoms with van der Waals surface area (Å²) in [6, 6.07) is 9.33. The first-order valence-electron chi connectivity index (χ1n) is 4.78. The Hall–Kier alpha value is -1.47. The lowest BCUT2D eigenvalue weighted by Crippen LogP contribution is -1.94. The van der Waals surface area contributed by atoms with Crippen molar-refractivity contribution in [3.63, 3.8) is 0 Å². The van der Waals surface area contributed by atoms with Crippen molar-refractivity contribution in [3.8, 4) is 5.75 Å². The lowest BCUT2D eigenvalue weighted by atomic mass is 10.3. The first-order chi connectivity index (χ1) is 7.58. The fourth-order valence-corrected chi connectivity index (χ4v) is 1.79. The van der Waals surface area contributed by atoms with Gasteiger partial charge in [-0.2, -0.15) is 0 Å². The van der Waals surface area contributed by atoms with E-state index in [0.717, 1.165) is 0 Å². The third kappa shape index (κ3) is 4.85. The van der Waals surface area contributed by atoms with Gasteiger partial charge in [0.2, 0.25) is 0 Å². The maximum absolute atomic E-state index is 5.53. The van der Waals surface area contributed by atoms with Crippen LogP contribution in [0.25, 0.3) is 0 Å². The fraction of sp³-hybridized carbons (Fsp3) is 0.167. The van der Waals surface area contributed by atoms with Gasteiger partial charge in [0, 0.05) is 0 Å². The summed E-state index contributed by atoms with van der Waals surface area (Å²) in [5.74, 6) is 1.78. The van der Waals surface area contributed by atoms with E-state index in [0.29, 0.717) is 17.3 Å². The van der Waals surface area contributed by atoms with Gasteiger partial charge in [-0.15, -0.1) is 0 Å². The highest BCUT2D eigenvalue weighted by molar-refractivity contribution is 7.42. The van der Waals surface area contributed by atoms with E-state index < -0.39 is 8.60 Å². The largest absolute Gasteiger partial charge is 0.529 e. The Bertz CT molecular complexity index is 346. The molecule has 0 N–H and O–H groups in total. The Morgan fingerprint density at radius 3 is 1.94 bits per heavy atom. The van der Waals surface area contributed by atoms with Crippen LogP contribution in [0, 0.1) is 0 Å². The Kier molecular flexibility index (Phi) is 4.87. The zero-order valence-electron chi connectivity index (χ0n) is 9.47. The minimum absolute atomic E-state index is 0.545. The van der Waals surface area contributed by atoms with Gasteiger partial charge in [-0.25, -0.2) is 0 Å². The smallest absolute Gasteiger partial charge is 0.414 e. The van der Waals surface area contributed by atoms with Crippen molar-refractivity contribution in [2.24, 2.45) is 0 Å². The summed E-state index contributed by atoms with van der Waals surface area (Å²) in [5.41, 5.74) is 0. The topological polar surface area (TPSA) is 27.7 Å². The molecule has 0 saturated heterocycles. The molecule has 1 aromatic rings. The van der Waals surface area contributed by atoms with Crippen molar-refractivity contribution < 1.29 is 13.6 Å². The lowest BCUT2D eigenvalue weighted by Gasteiger charge is -2.17. The van der Waals surface area contributed by atoms with Crippen LogP contribution in [-0.2, 0) is 9.05 Å². The van der Waals surface area contributed by atoms with E-state index in [-0.39, 0.29) is 0 Å². The summed E-state index contributed by atoms with van der Waals surface area (Å²) in [4.78, 5) is 0. The Morgan fingerprint density at radius 2 is 1.50 bits per heavy atom. The van der Waals surface area contributed by atoms with Crippen LogP contribution in [0.2, 0.25) is 0 Å². The zero-order chi connectivity index (χ0) is 12.0. The van der Waals surface area contributed by atoms with Crippen LogP contribution in [0.3, 0.4) is 0 Å². The van der Waals surface area contributed by atoms with E-state index in [2.05, 4.69) is 13.2 Å². The molecule has 0 heterocycles. The molecule has 16 heavy (non-hydrogen) atoms. The minimum Gasteiger partial charge on any atom is -0.414 e. The van der Waals surface area contributed by atoms with E-state index in [4.69, 9.17) is 13.6 Å². The summed E-state index contributed by atoms with van der Waals surface area (Å²) in [5, 5.41) is 0. The van der Waals surface area contributed by atoms with Gasteiger partial charge in [-0.3, -0.25) is 0 Å². The lowest BCUT2D eigenvalue weighted by molar-refractivity contribution is 0.293. The van der Waals surface area contributed by atoms with Gasteiger partial charge in [0.15, 0.2) is 0 Å². The number of rotatable bonds is 6. The second kappa shape index (κ2) is 6.19. The molecular weight excluding hydrogens is 223 g/mol. The molecule has 0 aromatic heterocycles. The van der Waals surface area contributed by atoms with Crippen molar-refractivity contribution in [2.45, 2.75) is 13.8 Å². The summed E-state index contributed by atoms with van der Waals surface area (Å²) in [7, 11) is -1.51. The van der Waals surface area contributed by atoms with Gasteiger partial charge in [-0.05, 0) is 26.0 Å². The van der Waals surface area contributed by atoms with Crippen LogP contribution in [-0.4, -0.2) is 0 Å². The molecule has 0 spiro atoms. The highest BCUT2D eigenvalue weighted by Gasteiger charge is 2.17. The molecule has 0 aliphatic rings. The number of hydrogen-bond acceptors (Lipinski definition) is 3. The molecule has 0 radical (unpaired) electrons. The zero-order valence-corrected chi connectivity index (χ0v) is 10.4. The van der Waals surface area contributed by atoms with Crippen LogP contribution in [0.15, 0.2) is 55.0 Å². The van der Waals surface area contributed by atoms with Crippen molar-refractivity contribution >= 4 is 8.60 Å². The average Bonchev–Trinajstić information content (AvgIpc) is 2.16. The molecular formula is C12H15O3P. The Labute approximate surface area is 97.3 Å². The highest BCUT2D eigenvalue weighted by Crippen LogP contribution is 2.43. The third-order valence-electron chi connectivity index (χ3n) is 1.38. The second-order valence-electron chi connectivity index (χ2n) is 3.21. The first kappa shape index (κ1) is 12.6. The van der Waals surface area contributed by atoms with E-state index in [9.17, 15) is 0 Å². The van der Waals surface area contributed by atoms with Gasteiger partial charge in [-0.1, -0.05) is 31.4 Å². The molecule has 0 aliphatic heterocycles. The summed E-state index contributed by atoms with van der Waals surface area (Å²) >= 11 is 0. The highest BCUT2D eigenvalue weighted by atomic mass is 31.2. The molecule has 0 saturated carbocycles. The minimum atomic E-state index is -1.51. The normalized spacial score (nSPS) is 9.69. The van der Waals surface area contributed by atoms with Crippen molar-refractivity contribution in [1.82, 2.24) is 0 Å². The molecule has 0 amide bonds. The van der Waals surface area contributed by atoms with Crippen LogP contribution in [0.5, 0.6) is 5.75 Å². The Balaban J connectivity index is 2.63. The number of allylic oxidation sites excluding steroid dienone is 2. The van der Waals surface area contributed by atoms with Gasteiger partial charge >= 0.3 is 8.60 Å². The van der Waals surface area contributed by atoms with Crippen LogP contribution >= 0.6 is 8.60 Å². The molecule has 0 aliphatic carbocycles. The van der Waals surface area contributed by atoms with Crippen LogP contribution in [0.1, 0.15) is 13.8 Å². The molecule has 0 atom stereocenters. The maximum atomic E-state index is 5.53. The fourth-order valence-electron chi connectivity index (χ4n) is 0.878. The SMILES string of the molecule is C=C(C)OP(OC(=C)C)Oc1ccccc1. The van der Waals surface area contributed by atoms with E-state index in [1.54, 1.807) is 13.8 Å². The second-order valence-corrected chi connectivity index (χ2v) is 4.21. The number of benzene rings is 1.